The highest BCUT2D eigenvalue weighted by Gasteiger charge is 2.14. The van der Waals surface area contributed by atoms with E-state index in [1.54, 1.807) is 30.3 Å². The number of benzene rings is 2. The van der Waals surface area contributed by atoms with Crippen molar-refractivity contribution in [2.24, 2.45) is 5.92 Å². The predicted molar refractivity (Wildman–Crippen MR) is 98.4 cm³/mol. The summed E-state index contributed by atoms with van der Waals surface area (Å²) in [6.45, 7) is 4.22. The van der Waals surface area contributed by atoms with Gasteiger partial charge in [-0.05, 0) is 48.4 Å². The van der Waals surface area contributed by atoms with E-state index < -0.39 is 10.0 Å². The van der Waals surface area contributed by atoms with Gasteiger partial charge in [-0.1, -0.05) is 13.8 Å². The van der Waals surface area contributed by atoms with Crippen LogP contribution in [0.25, 0.3) is 11.1 Å². The number of nitrogens with one attached hydrogen (secondary N) is 2. The Morgan fingerprint density at radius 1 is 1.15 bits per heavy atom. The van der Waals surface area contributed by atoms with Crippen molar-refractivity contribution >= 4 is 32.7 Å². The molecule has 136 valence electrons. The molecule has 0 unspecified atom stereocenters. The summed E-state index contributed by atoms with van der Waals surface area (Å²) in [5.41, 5.74) is 2.13. The zero-order chi connectivity index (χ0) is 18.7. The Labute approximate surface area is 151 Å². The summed E-state index contributed by atoms with van der Waals surface area (Å²) in [5.74, 6) is -0.103. The van der Waals surface area contributed by atoms with Gasteiger partial charge >= 0.3 is 0 Å². The van der Waals surface area contributed by atoms with Gasteiger partial charge in [0.1, 0.15) is 5.52 Å². The van der Waals surface area contributed by atoms with E-state index in [1.165, 1.54) is 18.5 Å². The van der Waals surface area contributed by atoms with E-state index in [2.05, 4.69) is 15.0 Å². The van der Waals surface area contributed by atoms with E-state index in [9.17, 15) is 13.2 Å². The van der Waals surface area contributed by atoms with Crippen molar-refractivity contribution in [1.29, 1.82) is 0 Å². The van der Waals surface area contributed by atoms with E-state index in [0.29, 0.717) is 28.9 Å². The van der Waals surface area contributed by atoms with Crippen LogP contribution in [0, 0.1) is 5.92 Å². The van der Waals surface area contributed by atoms with Gasteiger partial charge < -0.3 is 9.73 Å². The maximum atomic E-state index is 12.3. The fraction of sp³-hybridized carbons (Fsp3) is 0.222. The predicted octanol–water partition coefficient (Wildman–Crippen LogP) is 3.01. The van der Waals surface area contributed by atoms with Crippen LogP contribution < -0.4 is 10.0 Å². The van der Waals surface area contributed by atoms with Crippen LogP contribution in [0.2, 0.25) is 0 Å². The number of aromatic nitrogens is 1. The second kappa shape index (κ2) is 7.27. The van der Waals surface area contributed by atoms with Crippen LogP contribution >= 0.6 is 0 Å². The van der Waals surface area contributed by atoms with Crippen molar-refractivity contribution in [2.45, 2.75) is 18.7 Å². The number of anilines is 1. The molecule has 26 heavy (non-hydrogen) atoms. The number of oxazole rings is 1. The molecule has 0 fully saturated rings. The number of carbonyl (C=O) groups excluding carboxylic acids is 1. The van der Waals surface area contributed by atoms with Crippen LogP contribution in [0.15, 0.2) is 58.2 Å². The topological polar surface area (TPSA) is 101 Å². The summed E-state index contributed by atoms with van der Waals surface area (Å²) in [7, 11) is -3.55. The van der Waals surface area contributed by atoms with Gasteiger partial charge in [-0.15, -0.1) is 0 Å². The van der Waals surface area contributed by atoms with Crippen molar-refractivity contribution in [2.75, 3.05) is 11.9 Å². The fourth-order valence-corrected chi connectivity index (χ4v) is 3.49. The third-order valence-corrected chi connectivity index (χ3v) is 5.14. The molecule has 0 aliphatic rings. The van der Waals surface area contributed by atoms with E-state index in [1.807, 2.05) is 13.8 Å². The number of fused-ring (bicyclic) bond motifs is 1. The van der Waals surface area contributed by atoms with Gasteiger partial charge in [0, 0.05) is 17.8 Å². The highest BCUT2D eigenvalue weighted by molar-refractivity contribution is 7.89. The molecule has 2 aromatic carbocycles. The van der Waals surface area contributed by atoms with Crippen LogP contribution in [0.1, 0.15) is 24.2 Å². The minimum absolute atomic E-state index is 0.153. The van der Waals surface area contributed by atoms with Crippen molar-refractivity contribution in [3.05, 3.63) is 54.4 Å². The van der Waals surface area contributed by atoms with Crippen LogP contribution in [0.4, 0.5) is 5.69 Å². The van der Waals surface area contributed by atoms with Gasteiger partial charge in [-0.3, -0.25) is 4.79 Å². The Balaban J connectivity index is 1.71. The summed E-state index contributed by atoms with van der Waals surface area (Å²) in [4.78, 5) is 16.5. The third-order valence-electron chi connectivity index (χ3n) is 3.70. The van der Waals surface area contributed by atoms with Gasteiger partial charge in [0.25, 0.3) is 5.91 Å². The maximum Gasteiger partial charge on any atom is 0.255 e. The molecule has 0 radical (unpaired) electrons. The average molecular weight is 373 g/mol. The quantitative estimate of drug-likeness (QED) is 0.692. The minimum atomic E-state index is -3.55. The SMILES string of the molecule is CC(C)CNS(=O)(=O)c1ccc(NC(=O)c2ccc3ocnc3c2)cc1. The smallest absolute Gasteiger partial charge is 0.255 e. The normalized spacial score (nSPS) is 11.8. The van der Waals surface area contributed by atoms with Crippen molar-refractivity contribution < 1.29 is 17.6 Å². The fourth-order valence-electron chi connectivity index (χ4n) is 2.28. The number of rotatable bonds is 6. The molecule has 0 spiro atoms. The first-order chi connectivity index (χ1) is 12.3. The molecule has 1 aromatic heterocycles. The Bertz CT molecular complexity index is 1020. The molecule has 2 N–H and O–H groups in total. The molecule has 0 atom stereocenters. The molecule has 3 rings (SSSR count). The van der Waals surface area contributed by atoms with Crippen molar-refractivity contribution in [3.8, 4) is 0 Å². The minimum Gasteiger partial charge on any atom is -0.443 e. The number of hydrogen-bond donors (Lipinski definition) is 2. The molecule has 0 aliphatic carbocycles. The molecule has 0 saturated heterocycles. The summed E-state index contributed by atoms with van der Waals surface area (Å²) < 4.78 is 32.0. The Hall–Kier alpha value is -2.71. The van der Waals surface area contributed by atoms with Gasteiger partial charge in [0.2, 0.25) is 10.0 Å². The first-order valence-corrected chi connectivity index (χ1v) is 9.58. The lowest BCUT2D eigenvalue weighted by atomic mass is 10.2. The van der Waals surface area contributed by atoms with Gasteiger partial charge in [-0.2, -0.15) is 0 Å². The molecule has 1 amide bonds. The summed E-state index contributed by atoms with van der Waals surface area (Å²) >= 11 is 0. The maximum absolute atomic E-state index is 12.3. The van der Waals surface area contributed by atoms with E-state index in [4.69, 9.17) is 4.42 Å². The van der Waals surface area contributed by atoms with Crippen molar-refractivity contribution in [1.82, 2.24) is 9.71 Å². The molecular formula is C18H19N3O4S. The number of nitrogens with zero attached hydrogens (tertiary/aromatic N) is 1. The molecule has 1 heterocycles. The monoisotopic (exact) mass is 373 g/mol. The lowest BCUT2D eigenvalue weighted by molar-refractivity contribution is 0.102. The zero-order valence-corrected chi connectivity index (χ0v) is 15.2. The van der Waals surface area contributed by atoms with E-state index in [0.717, 1.165) is 0 Å². The number of sulfonamides is 1. The van der Waals surface area contributed by atoms with Crippen LogP contribution in [-0.4, -0.2) is 25.9 Å². The number of amides is 1. The Kier molecular flexibility index (Phi) is 5.06. The summed E-state index contributed by atoms with van der Waals surface area (Å²) in [6, 6.07) is 11.0. The van der Waals surface area contributed by atoms with E-state index >= 15 is 0 Å². The van der Waals surface area contributed by atoms with Crippen molar-refractivity contribution in [3.63, 3.8) is 0 Å². The highest BCUT2D eigenvalue weighted by Crippen LogP contribution is 2.17. The van der Waals surface area contributed by atoms with Crippen LogP contribution in [-0.2, 0) is 10.0 Å². The molecule has 0 saturated carbocycles. The van der Waals surface area contributed by atoms with Gasteiger partial charge in [-0.25, -0.2) is 18.1 Å². The standard InChI is InChI=1S/C18H19N3O4S/c1-12(2)10-20-26(23,24)15-6-4-14(5-7-15)21-18(22)13-3-8-17-16(9-13)19-11-25-17/h3-9,11-12,20H,10H2,1-2H3,(H,21,22). The van der Waals surface area contributed by atoms with Crippen LogP contribution in [0.3, 0.4) is 0 Å². The molecule has 8 heteroatoms. The number of hydrogen-bond acceptors (Lipinski definition) is 5. The second-order valence-corrected chi connectivity index (χ2v) is 8.03. The second-order valence-electron chi connectivity index (χ2n) is 6.26. The van der Waals surface area contributed by atoms with Gasteiger partial charge in [0.05, 0.1) is 4.90 Å². The van der Waals surface area contributed by atoms with Gasteiger partial charge in [0.15, 0.2) is 12.0 Å². The molecular weight excluding hydrogens is 354 g/mol. The van der Waals surface area contributed by atoms with E-state index in [-0.39, 0.29) is 16.7 Å². The number of carbonyl (C=O) groups is 1. The molecule has 3 aromatic rings. The molecule has 0 aliphatic heterocycles. The Morgan fingerprint density at radius 3 is 2.58 bits per heavy atom. The first kappa shape index (κ1) is 18.1. The lowest BCUT2D eigenvalue weighted by Gasteiger charge is -2.10. The van der Waals surface area contributed by atoms with Crippen LogP contribution in [0.5, 0.6) is 0 Å². The average Bonchev–Trinajstić information content (AvgIpc) is 3.08. The first-order valence-electron chi connectivity index (χ1n) is 8.09. The Morgan fingerprint density at radius 2 is 1.88 bits per heavy atom. The third kappa shape index (κ3) is 4.09. The molecule has 0 bridgehead atoms. The summed E-state index contributed by atoms with van der Waals surface area (Å²) in [6.07, 6.45) is 1.32. The zero-order valence-electron chi connectivity index (χ0n) is 14.4. The largest absolute Gasteiger partial charge is 0.443 e. The molecule has 7 nitrogen and oxygen atoms in total. The lowest BCUT2D eigenvalue weighted by Crippen LogP contribution is -2.27. The summed E-state index contributed by atoms with van der Waals surface area (Å²) in [5, 5.41) is 2.73. The highest BCUT2D eigenvalue weighted by atomic mass is 32.2.